The number of carbonyl (C=O) groups excluding carboxylic acids is 1. The number of carbonyl (C=O) groups is 1. The SMILES string of the molecule is Cl.O=C(NC(c1ccccc1)C1CCCO1)C1CCNCC1. The van der Waals surface area contributed by atoms with E-state index in [0.29, 0.717) is 0 Å². The van der Waals surface area contributed by atoms with Crippen molar-refractivity contribution < 1.29 is 9.53 Å². The molecule has 1 aromatic rings. The molecular formula is C17H25ClN2O2. The van der Waals surface area contributed by atoms with E-state index in [2.05, 4.69) is 22.8 Å². The van der Waals surface area contributed by atoms with Crippen LogP contribution in [-0.2, 0) is 9.53 Å². The summed E-state index contributed by atoms with van der Waals surface area (Å²) in [7, 11) is 0. The minimum absolute atomic E-state index is 0. The number of rotatable bonds is 4. The van der Waals surface area contributed by atoms with Gasteiger partial charge in [-0.15, -0.1) is 12.4 Å². The van der Waals surface area contributed by atoms with E-state index in [1.54, 1.807) is 0 Å². The molecule has 2 heterocycles. The fourth-order valence-corrected chi connectivity index (χ4v) is 3.27. The summed E-state index contributed by atoms with van der Waals surface area (Å²) < 4.78 is 5.83. The van der Waals surface area contributed by atoms with Crippen LogP contribution in [0.25, 0.3) is 0 Å². The van der Waals surface area contributed by atoms with Crippen molar-refractivity contribution in [1.82, 2.24) is 10.6 Å². The fraction of sp³-hybridized carbons (Fsp3) is 0.588. The highest BCUT2D eigenvalue weighted by atomic mass is 35.5. The third-order valence-electron chi connectivity index (χ3n) is 4.50. The monoisotopic (exact) mass is 324 g/mol. The van der Waals surface area contributed by atoms with Crippen LogP contribution in [0.3, 0.4) is 0 Å². The molecule has 2 atom stereocenters. The van der Waals surface area contributed by atoms with Crippen LogP contribution in [0.1, 0.15) is 37.3 Å². The third kappa shape index (κ3) is 4.22. The predicted molar refractivity (Wildman–Crippen MR) is 89.1 cm³/mol. The van der Waals surface area contributed by atoms with E-state index in [-0.39, 0.29) is 36.4 Å². The summed E-state index contributed by atoms with van der Waals surface area (Å²) in [5.41, 5.74) is 1.15. The largest absolute Gasteiger partial charge is 0.376 e. The number of amides is 1. The normalized spacial score (nSPS) is 23.5. The minimum Gasteiger partial charge on any atom is -0.376 e. The highest BCUT2D eigenvalue weighted by Crippen LogP contribution is 2.27. The zero-order valence-electron chi connectivity index (χ0n) is 12.8. The Hall–Kier alpha value is -1.10. The molecule has 4 nitrogen and oxygen atoms in total. The summed E-state index contributed by atoms with van der Waals surface area (Å²) in [6, 6.07) is 10.2. The number of piperidine rings is 1. The maximum absolute atomic E-state index is 12.5. The summed E-state index contributed by atoms with van der Waals surface area (Å²) >= 11 is 0. The second-order valence-corrected chi connectivity index (χ2v) is 5.97. The van der Waals surface area contributed by atoms with Crippen molar-refractivity contribution in [2.24, 2.45) is 5.92 Å². The van der Waals surface area contributed by atoms with Gasteiger partial charge in [-0.05, 0) is 44.3 Å². The molecule has 2 unspecified atom stereocenters. The number of halogens is 1. The molecule has 1 aromatic carbocycles. The molecule has 0 bridgehead atoms. The summed E-state index contributed by atoms with van der Waals surface area (Å²) in [5.74, 6) is 0.319. The van der Waals surface area contributed by atoms with E-state index < -0.39 is 0 Å². The van der Waals surface area contributed by atoms with Gasteiger partial charge < -0.3 is 15.4 Å². The Bertz CT molecular complexity index is 457. The Labute approximate surface area is 138 Å². The molecule has 2 aliphatic heterocycles. The van der Waals surface area contributed by atoms with Gasteiger partial charge in [-0.25, -0.2) is 0 Å². The van der Waals surface area contributed by atoms with Crippen LogP contribution in [0.5, 0.6) is 0 Å². The molecule has 122 valence electrons. The van der Waals surface area contributed by atoms with Crippen molar-refractivity contribution in [3.05, 3.63) is 35.9 Å². The molecular weight excluding hydrogens is 300 g/mol. The molecule has 5 heteroatoms. The van der Waals surface area contributed by atoms with Crippen LogP contribution in [0.15, 0.2) is 30.3 Å². The Morgan fingerprint density at radius 3 is 2.55 bits per heavy atom. The second-order valence-electron chi connectivity index (χ2n) is 5.97. The van der Waals surface area contributed by atoms with Gasteiger partial charge in [-0.2, -0.15) is 0 Å². The zero-order valence-corrected chi connectivity index (χ0v) is 13.6. The quantitative estimate of drug-likeness (QED) is 0.894. The van der Waals surface area contributed by atoms with E-state index in [1.807, 2.05) is 18.2 Å². The van der Waals surface area contributed by atoms with E-state index in [9.17, 15) is 4.79 Å². The van der Waals surface area contributed by atoms with E-state index >= 15 is 0 Å². The Morgan fingerprint density at radius 2 is 1.91 bits per heavy atom. The first-order chi connectivity index (χ1) is 10.3. The van der Waals surface area contributed by atoms with Crippen molar-refractivity contribution in [2.75, 3.05) is 19.7 Å². The maximum Gasteiger partial charge on any atom is 0.223 e. The number of ether oxygens (including phenoxy) is 1. The smallest absolute Gasteiger partial charge is 0.223 e. The van der Waals surface area contributed by atoms with Gasteiger partial charge in [0.1, 0.15) is 0 Å². The van der Waals surface area contributed by atoms with E-state index in [0.717, 1.165) is 50.9 Å². The van der Waals surface area contributed by atoms with Crippen LogP contribution in [0, 0.1) is 5.92 Å². The summed E-state index contributed by atoms with van der Waals surface area (Å²) in [6.45, 7) is 2.68. The van der Waals surface area contributed by atoms with Crippen molar-refractivity contribution in [3.8, 4) is 0 Å². The molecule has 2 N–H and O–H groups in total. The van der Waals surface area contributed by atoms with Gasteiger partial charge in [0.2, 0.25) is 5.91 Å². The number of benzene rings is 1. The van der Waals surface area contributed by atoms with Gasteiger partial charge in [0.15, 0.2) is 0 Å². The molecule has 3 rings (SSSR count). The van der Waals surface area contributed by atoms with Gasteiger partial charge in [0, 0.05) is 12.5 Å². The molecule has 0 saturated carbocycles. The first-order valence-corrected chi connectivity index (χ1v) is 8.02. The first kappa shape index (κ1) is 17.3. The molecule has 22 heavy (non-hydrogen) atoms. The van der Waals surface area contributed by atoms with Crippen LogP contribution in [0.2, 0.25) is 0 Å². The lowest BCUT2D eigenvalue weighted by Crippen LogP contribution is -2.42. The average molecular weight is 325 g/mol. The highest BCUT2D eigenvalue weighted by Gasteiger charge is 2.31. The molecule has 1 amide bonds. The van der Waals surface area contributed by atoms with Crippen molar-refractivity contribution in [3.63, 3.8) is 0 Å². The Balaban J connectivity index is 0.00000176. The van der Waals surface area contributed by atoms with Crippen molar-refractivity contribution in [2.45, 2.75) is 37.8 Å². The van der Waals surface area contributed by atoms with Crippen LogP contribution >= 0.6 is 12.4 Å². The minimum atomic E-state index is -0.0175. The number of nitrogens with one attached hydrogen (secondary N) is 2. The standard InChI is InChI=1S/C17H24N2O2.ClH/c20-17(14-8-10-18-11-9-14)19-16(15-7-4-12-21-15)13-5-2-1-3-6-13;/h1-3,5-6,14-16,18H,4,7-12H2,(H,19,20);1H. The molecule has 2 fully saturated rings. The molecule has 0 spiro atoms. The highest BCUT2D eigenvalue weighted by molar-refractivity contribution is 5.85. The number of hydrogen-bond donors (Lipinski definition) is 2. The first-order valence-electron chi connectivity index (χ1n) is 8.02. The van der Waals surface area contributed by atoms with Gasteiger partial charge in [0.25, 0.3) is 0 Å². The Morgan fingerprint density at radius 1 is 1.18 bits per heavy atom. The van der Waals surface area contributed by atoms with Crippen LogP contribution in [0.4, 0.5) is 0 Å². The summed E-state index contributed by atoms with van der Waals surface area (Å²) in [6.07, 6.45) is 4.07. The van der Waals surface area contributed by atoms with Gasteiger partial charge in [0.05, 0.1) is 12.1 Å². The molecule has 0 radical (unpaired) electrons. The average Bonchev–Trinajstić information content (AvgIpc) is 3.08. The maximum atomic E-state index is 12.5. The zero-order chi connectivity index (χ0) is 14.5. The second kappa shape index (κ2) is 8.51. The van der Waals surface area contributed by atoms with Gasteiger partial charge in [-0.1, -0.05) is 30.3 Å². The molecule has 0 aromatic heterocycles. The molecule has 0 aliphatic carbocycles. The lowest BCUT2D eigenvalue weighted by molar-refractivity contribution is -0.127. The van der Waals surface area contributed by atoms with Gasteiger partial charge >= 0.3 is 0 Å². The lowest BCUT2D eigenvalue weighted by Gasteiger charge is -2.28. The van der Waals surface area contributed by atoms with Crippen LogP contribution in [-0.4, -0.2) is 31.7 Å². The number of hydrogen-bond acceptors (Lipinski definition) is 3. The Kier molecular flexibility index (Phi) is 6.68. The van der Waals surface area contributed by atoms with Gasteiger partial charge in [-0.3, -0.25) is 4.79 Å². The fourth-order valence-electron chi connectivity index (χ4n) is 3.27. The molecule has 2 saturated heterocycles. The topological polar surface area (TPSA) is 50.4 Å². The molecule has 2 aliphatic rings. The third-order valence-corrected chi connectivity index (χ3v) is 4.50. The van der Waals surface area contributed by atoms with Crippen molar-refractivity contribution >= 4 is 18.3 Å². The summed E-state index contributed by atoms with van der Waals surface area (Å²) in [5, 5.41) is 6.56. The van der Waals surface area contributed by atoms with Crippen LogP contribution < -0.4 is 10.6 Å². The van der Waals surface area contributed by atoms with Crippen molar-refractivity contribution in [1.29, 1.82) is 0 Å². The van der Waals surface area contributed by atoms with E-state index in [1.165, 1.54) is 0 Å². The summed E-state index contributed by atoms with van der Waals surface area (Å²) in [4.78, 5) is 12.5. The van der Waals surface area contributed by atoms with E-state index in [4.69, 9.17) is 4.74 Å². The predicted octanol–water partition coefficient (Wildman–Crippen LogP) is 2.44. The lowest BCUT2D eigenvalue weighted by atomic mass is 9.94.